The van der Waals surface area contributed by atoms with Gasteiger partial charge in [-0.05, 0) is 67.4 Å². The Kier molecular flexibility index (Phi) is 8.20. The predicted molar refractivity (Wildman–Crippen MR) is 119 cm³/mol. The topological polar surface area (TPSA) is 42.0 Å². The fourth-order valence-corrected chi connectivity index (χ4v) is 3.56. The lowest BCUT2D eigenvalue weighted by Crippen LogP contribution is -2.33. The quantitative estimate of drug-likeness (QED) is 0.648. The number of nitrogens with zero attached hydrogens (tertiary/aromatic N) is 2. The lowest BCUT2D eigenvalue weighted by molar-refractivity contribution is 0.171. The largest absolute Gasteiger partial charge is 0.494 e. The summed E-state index contributed by atoms with van der Waals surface area (Å²) in [4.78, 5) is 15.6. The molecule has 7 heteroatoms. The maximum Gasteiger partial charge on any atom is 0.414 e. The van der Waals surface area contributed by atoms with Crippen LogP contribution in [-0.2, 0) is 6.42 Å². The molecule has 0 fully saturated rings. The van der Waals surface area contributed by atoms with Gasteiger partial charge in [-0.15, -0.1) is 12.4 Å². The zero-order valence-corrected chi connectivity index (χ0v) is 18.8. The van der Waals surface area contributed by atoms with Crippen molar-refractivity contribution in [1.82, 2.24) is 9.80 Å². The van der Waals surface area contributed by atoms with Crippen LogP contribution in [0.3, 0.4) is 0 Å². The van der Waals surface area contributed by atoms with Crippen molar-refractivity contribution >= 4 is 30.1 Å². The van der Waals surface area contributed by atoms with Crippen molar-refractivity contribution in [2.75, 3.05) is 34.3 Å². The summed E-state index contributed by atoms with van der Waals surface area (Å²) in [6.07, 6.45) is 1.45. The first-order valence-corrected chi connectivity index (χ1v) is 9.84. The fraction of sp³-hybridized carbons (Fsp3) is 0.409. The second-order valence-electron chi connectivity index (χ2n) is 7.42. The molecule has 1 unspecified atom stereocenters. The van der Waals surface area contributed by atoms with Crippen LogP contribution in [0.15, 0.2) is 36.4 Å². The molecule has 158 valence electrons. The van der Waals surface area contributed by atoms with Gasteiger partial charge in [0.2, 0.25) is 0 Å². The Morgan fingerprint density at radius 1 is 1.21 bits per heavy atom. The maximum atomic E-state index is 11.8. The lowest BCUT2D eigenvalue weighted by atomic mass is 9.91. The molecule has 0 saturated heterocycles. The minimum atomic E-state index is -0.365. The third kappa shape index (κ3) is 5.78. The number of aryl methyl sites for hydroxylation is 1. The number of benzene rings is 2. The third-order valence-electron chi connectivity index (χ3n) is 5.10. The predicted octanol–water partition coefficient (Wildman–Crippen LogP) is 5.13. The molecule has 2 aromatic carbocycles. The van der Waals surface area contributed by atoms with E-state index in [0.717, 1.165) is 35.7 Å². The molecule has 2 aromatic rings. The first kappa shape index (κ1) is 23.3. The van der Waals surface area contributed by atoms with Crippen LogP contribution in [0.2, 0.25) is 5.02 Å². The number of halogens is 2. The van der Waals surface area contributed by atoms with Gasteiger partial charge < -0.3 is 14.4 Å². The van der Waals surface area contributed by atoms with Gasteiger partial charge in [-0.1, -0.05) is 17.7 Å². The smallest absolute Gasteiger partial charge is 0.414 e. The number of amides is 1. The van der Waals surface area contributed by atoms with Crippen molar-refractivity contribution in [3.8, 4) is 11.5 Å². The normalized spacial score (nSPS) is 15.8. The highest BCUT2D eigenvalue weighted by Gasteiger charge is 2.25. The van der Waals surface area contributed by atoms with Gasteiger partial charge in [0.05, 0.1) is 6.61 Å². The summed E-state index contributed by atoms with van der Waals surface area (Å²) in [5.74, 6) is 1.43. The number of carbonyl (C=O) groups is 1. The number of likely N-dealkylation sites (N-methyl/N-ethyl adjacent to an activating group) is 1. The number of rotatable bonds is 5. The molecule has 0 bridgehead atoms. The number of hydrogen-bond donors (Lipinski definition) is 0. The highest BCUT2D eigenvalue weighted by Crippen LogP contribution is 2.33. The zero-order chi connectivity index (χ0) is 20.3. The van der Waals surface area contributed by atoms with Crippen molar-refractivity contribution < 1.29 is 14.3 Å². The van der Waals surface area contributed by atoms with Gasteiger partial charge in [-0.3, -0.25) is 4.90 Å². The standard InChI is InChI=1S/C22H27ClN2O3.ClH/c1-15-13-17(6-8-20(15)23)27-12-10-21-19-7-5-18(28-22(26)24(2)3)14-16(19)9-11-25(21)4;/h5-8,13-14,21H,9-12H2,1-4H3;1H. The fourth-order valence-electron chi connectivity index (χ4n) is 3.44. The van der Waals surface area contributed by atoms with Crippen LogP contribution < -0.4 is 9.47 Å². The Balaban J connectivity index is 0.00000300. The van der Waals surface area contributed by atoms with Gasteiger partial charge >= 0.3 is 6.09 Å². The lowest BCUT2D eigenvalue weighted by Gasteiger charge is -2.34. The molecule has 1 amide bonds. The van der Waals surface area contributed by atoms with E-state index in [2.05, 4.69) is 18.0 Å². The first-order chi connectivity index (χ1) is 13.3. The summed E-state index contributed by atoms with van der Waals surface area (Å²) in [6.45, 7) is 3.55. The Hall–Kier alpha value is -1.95. The van der Waals surface area contributed by atoms with Crippen molar-refractivity contribution in [1.29, 1.82) is 0 Å². The molecule has 0 aromatic heterocycles. The number of hydrogen-bond acceptors (Lipinski definition) is 4. The molecule has 3 rings (SSSR count). The van der Waals surface area contributed by atoms with E-state index in [0.29, 0.717) is 12.4 Å². The van der Waals surface area contributed by atoms with Crippen molar-refractivity contribution in [2.24, 2.45) is 0 Å². The first-order valence-electron chi connectivity index (χ1n) is 9.46. The van der Waals surface area contributed by atoms with Gasteiger partial charge in [-0.25, -0.2) is 4.79 Å². The second-order valence-corrected chi connectivity index (χ2v) is 7.82. The Labute approximate surface area is 183 Å². The molecule has 29 heavy (non-hydrogen) atoms. The molecule has 1 atom stereocenters. The molecule has 0 aliphatic carbocycles. The number of carbonyl (C=O) groups excluding carboxylic acids is 1. The van der Waals surface area contributed by atoms with Gasteiger partial charge in [0.25, 0.3) is 0 Å². The van der Waals surface area contributed by atoms with E-state index in [-0.39, 0.29) is 24.5 Å². The van der Waals surface area contributed by atoms with E-state index in [9.17, 15) is 4.79 Å². The summed E-state index contributed by atoms with van der Waals surface area (Å²) < 4.78 is 11.4. The van der Waals surface area contributed by atoms with Gasteiger partial charge in [0.1, 0.15) is 11.5 Å². The number of ether oxygens (including phenoxy) is 2. The highest BCUT2D eigenvalue weighted by atomic mass is 35.5. The van der Waals surface area contributed by atoms with E-state index >= 15 is 0 Å². The third-order valence-corrected chi connectivity index (χ3v) is 5.52. The van der Waals surface area contributed by atoms with E-state index < -0.39 is 0 Å². The van der Waals surface area contributed by atoms with Crippen LogP contribution in [0.4, 0.5) is 4.79 Å². The average Bonchev–Trinajstić information content (AvgIpc) is 2.66. The van der Waals surface area contributed by atoms with Crippen molar-refractivity contribution in [3.05, 3.63) is 58.1 Å². The minimum absolute atomic E-state index is 0. The summed E-state index contributed by atoms with van der Waals surface area (Å²) in [7, 11) is 5.49. The summed E-state index contributed by atoms with van der Waals surface area (Å²) >= 11 is 6.08. The molecule has 0 radical (unpaired) electrons. The second kappa shape index (κ2) is 10.2. The van der Waals surface area contributed by atoms with Gasteiger partial charge in [0.15, 0.2) is 0 Å². The van der Waals surface area contributed by atoms with E-state index in [1.54, 1.807) is 14.1 Å². The molecule has 1 aliphatic rings. The van der Waals surface area contributed by atoms with Crippen LogP contribution in [0.1, 0.15) is 29.2 Å². The van der Waals surface area contributed by atoms with Crippen LogP contribution in [0.25, 0.3) is 0 Å². The van der Waals surface area contributed by atoms with E-state index in [1.165, 1.54) is 16.0 Å². The molecule has 0 N–H and O–H groups in total. The molecule has 5 nitrogen and oxygen atoms in total. The highest BCUT2D eigenvalue weighted by molar-refractivity contribution is 6.31. The minimum Gasteiger partial charge on any atom is -0.494 e. The Morgan fingerprint density at radius 3 is 2.62 bits per heavy atom. The van der Waals surface area contributed by atoms with Crippen molar-refractivity contribution in [3.63, 3.8) is 0 Å². The Morgan fingerprint density at radius 2 is 1.93 bits per heavy atom. The summed E-state index contributed by atoms with van der Waals surface area (Å²) in [5.41, 5.74) is 3.52. The monoisotopic (exact) mass is 438 g/mol. The SMILES string of the molecule is Cc1cc(OCCC2c3ccc(OC(=O)N(C)C)cc3CCN2C)ccc1Cl.Cl. The molecule has 0 spiro atoms. The van der Waals surface area contributed by atoms with Crippen LogP contribution in [0.5, 0.6) is 11.5 Å². The zero-order valence-electron chi connectivity index (χ0n) is 17.3. The molecular formula is C22H28Cl2N2O3. The van der Waals surface area contributed by atoms with Crippen molar-refractivity contribution in [2.45, 2.75) is 25.8 Å². The van der Waals surface area contributed by atoms with Crippen LogP contribution >= 0.6 is 24.0 Å². The van der Waals surface area contributed by atoms with Crippen LogP contribution in [0, 0.1) is 6.92 Å². The van der Waals surface area contributed by atoms with Gasteiger partial charge in [-0.2, -0.15) is 0 Å². The molecule has 1 aliphatic heterocycles. The molecule has 0 saturated carbocycles. The average molecular weight is 439 g/mol. The Bertz CT molecular complexity index is 858. The van der Waals surface area contributed by atoms with Crippen LogP contribution in [-0.4, -0.2) is 50.2 Å². The van der Waals surface area contributed by atoms with E-state index in [1.807, 2.05) is 37.3 Å². The summed E-state index contributed by atoms with van der Waals surface area (Å²) in [6, 6.07) is 11.9. The molecular weight excluding hydrogens is 411 g/mol. The van der Waals surface area contributed by atoms with E-state index in [4.69, 9.17) is 21.1 Å². The maximum absolute atomic E-state index is 11.8. The molecule has 1 heterocycles. The number of fused-ring (bicyclic) bond motifs is 1. The summed E-state index contributed by atoms with van der Waals surface area (Å²) in [5, 5.41) is 0.749. The van der Waals surface area contributed by atoms with Gasteiger partial charge in [0, 0.05) is 38.1 Å².